The lowest BCUT2D eigenvalue weighted by molar-refractivity contribution is -0.884. The van der Waals surface area contributed by atoms with E-state index < -0.39 is 14.2 Å². The van der Waals surface area contributed by atoms with Crippen molar-refractivity contribution in [1.29, 1.82) is 0 Å². The van der Waals surface area contributed by atoms with Gasteiger partial charge < -0.3 is 28.0 Å². The monoisotopic (exact) mass is 569 g/mol. The van der Waals surface area contributed by atoms with Gasteiger partial charge in [0.15, 0.2) is 0 Å². The Labute approximate surface area is 253 Å². The molecule has 0 radical (unpaired) electrons. The highest BCUT2D eigenvalue weighted by molar-refractivity contribution is 6.62. The number of quaternary nitrogens is 1. The van der Waals surface area contributed by atoms with Gasteiger partial charge in [-0.05, 0) is 103 Å². The summed E-state index contributed by atoms with van der Waals surface area (Å²) in [4.78, 5) is 2.28. The Hall–Kier alpha value is -2.61. The first-order valence-corrected chi connectivity index (χ1v) is 15.0. The fourth-order valence-electron chi connectivity index (χ4n) is 5.26. The predicted octanol–water partition coefficient (Wildman–Crippen LogP) is 5.96. The van der Waals surface area contributed by atoms with Gasteiger partial charge in [-0.1, -0.05) is 36.4 Å². The number of nitrogens with zero attached hydrogens (tertiary/aromatic N) is 2. The molecule has 2 fully saturated rings. The minimum Gasteiger partial charge on any atom is -0.399 e. The van der Waals surface area contributed by atoms with E-state index in [1.807, 2.05) is 0 Å². The van der Waals surface area contributed by atoms with Crippen molar-refractivity contribution in [3.63, 3.8) is 0 Å². The first-order valence-electron chi connectivity index (χ1n) is 15.0. The Morgan fingerprint density at radius 1 is 0.500 bits per heavy atom. The number of anilines is 3. The molecular formula is C34H47B2N2O4+. The van der Waals surface area contributed by atoms with E-state index in [0.717, 1.165) is 39.0 Å². The molecule has 0 unspecified atom stereocenters. The maximum Gasteiger partial charge on any atom is 0.494 e. The topological polar surface area (TPSA) is 40.2 Å². The van der Waals surface area contributed by atoms with Crippen LogP contribution in [0.4, 0.5) is 17.1 Å². The van der Waals surface area contributed by atoms with Crippen molar-refractivity contribution in [2.24, 2.45) is 0 Å². The molecular weight excluding hydrogens is 522 g/mol. The summed E-state index contributed by atoms with van der Waals surface area (Å²) in [6.45, 7) is 17.6. The summed E-state index contributed by atoms with van der Waals surface area (Å²) in [7, 11) is 5.84. The molecule has 2 saturated heterocycles. The fraction of sp³-hybridized carbons (Fsp3) is 0.471. The highest BCUT2D eigenvalue weighted by Crippen LogP contribution is 2.39. The normalized spacial score (nSPS) is 20.6. The zero-order valence-corrected chi connectivity index (χ0v) is 27.3. The van der Waals surface area contributed by atoms with Crippen LogP contribution in [-0.2, 0) is 25.2 Å². The van der Waals surface area contributed by atoms with E-state index in [2.05, 4.69) is 154 Å². The van der Waals surface area contributed by atoms with Crippen molar-refractivity contribution in [2.45, 2.75) is 84.3 Å². The van der Waals surface area contributed by atoms with Gasteiger partial charge in [0, 0.05) is 22.6 Å². The van der Waals surface area contributed by atoms with Crippen LogP contribution < -0.4 is 15.8 Å². The van der Waals surface area contributed by atoms with Gasteiger partial charge in [-0.3, -0.25) is 0 Å². The summed E-state index contributed by atoms with van der Waals surface area (Å²) in [5, 5.41) is 0. The van der Waals surface area contributed by atoms with E-state index in [-0.39, 0.29) is 22.4 Å². The summed E-state index contributed by atoms with van der Waals surface area (Å²) in [6.07, 6.45) is 0. The molecule has 3 aromatic carbocycles. The minimum atomic E-state index is -0.397. The number of rotatable bonds is 7. The molecule has 0 N–H and O–H groups in total. The second-order valence-corrected chi connectivity index (χ2v) is 14.8. The Kier molecular flexibility index (Phi) is 7.73. The zero-order chi connectivity index (χ0) is 30.7. The minimum absolute atomic E-state index is 0.380. The SMILES string of the molecule is CC1(C)OB(c2ccc(N(c3ccc(C[N+](C)(C)C)cc3)c3ccc(B4OC(C)(C)C(C)(C)O4)cc3)cc2)OC1(C)C. The number of hydrogen-bond donors (Lipinski definition) is 0. The molecule has 5 rings (SSSR count). The Balaban J connectivity index is 1.46. The fourth-order valence-corrected chi connectivity index (χ4v) is 5.26. The van der Waals surface area contributed by atoms with E-state index in [0.29, 0.717) is 0 Å². The summed E-state index contributed by atoms with van der Waals surface area (Å²) in [5.41, 5.74) is 4.99. The molecule has 42 heavy (non-hydrogen) atoms. The molecule has 2 heterocycles. The van der Waals surface area contributed by atoms with Crippen LogP contribution in [0.5, 0.6) is 0 Å². The molecule has 222 valence electrons. The standard InChI is InChI=1S/C34H47B2N2O4/c1-31(2)32(3,4)40-35(39-31)26-14-20-29(21-15-26)37(28-18-12-25(13-19-28)24-38(9,10)11)30-22-16-27(17-23-30)36-41-33(5,6)34(7,8)42-36/h12-23H,24H2,1-11H3/q+1. The summed E-state index contributed by atoms with van der Waals surface area (Å²) < 4.78 is 26.1. The van der Waals surface area contributed by atoms with Gasteiger partial charge in [-0.15, -0.1) is 0 Å². The van der Waals surface area contributed by atoms with Crippen LogP contribution in [0.1, 0.15) is 61.0 Å². The molecule has 2 aliphatic heterocycles. The quantitative estimate of drug-likeness (QED) is 0.260. The van der Waals surface area contributed by atoms with Gasteiger partial charge >= 0.3 is 14.2 Å². The van der Waals surface area contributed by atoms with Crippen molar-refractivity contribution in [3.8, 4) is 0 Å². The van der Waals surface area contributed by atoms with Crippen LogP contribution >= 0.6 is 0 Å². The van der Waals surface area contributed by atoms with E-state index >= 15 is 0 Å². The molecule has 0 saturated carbocycles. The predicted molar refractivity (Wildman–Crippen MR) is 174 cm³/mol. The van der Waals surface area contributed by atoms with E-state index in [4.69, 9.17) is 18.6 Å². The van der Waals surface area contributed by atoms with Gasteiger partial charge in [0.05, 0.1) is 43.5 Å². The molecule has 0 aromatic heterocycles. The van der Waals surface area contributed by atoms with Crippen LogP contribution in [0.25, 0.3) is 0 Å². The van der Waals surface area contributed by atoms with Gasteiger partial charge in [-0.25, -0.2) is 0 Å². The van der Waals surface area contributed by atoms with E-state index in [1.54, 1.807) is 0 Å². The van der Waals surface area contributed by atoms with Crippen LogP contribution in [0.2, 0.25) is 0 Å². The van der Waals surface area contributed by atoms with Crippen molar-refractivity contribution in [3.05, 3.63) is 78.4 Å². The highest BCUT2D eigenvalue weighted by Gasteiger charge is 2.52. The van der Waals surface area contributed by atoms with E-state index in [9.17, 15) is 0 Å². The van der Waals surface area contributed by atoms with Crippen molar-refractivity contribution in [2.75, 3.05) is 26.0 Å². The molecule has 0 atom stereocenters. The van der Waals surface area contributed by atoms with Crippen molar-refractivity contribution < 1.29 is 23.1 Å². The van der Waals surface area contributed by atoms with Crippen LogP contribution in [0, 0.1) is 0 Å². The molecule has 6 nitrogen and oxygen atoms in total. The van der Waals surface area contributed by atoms with E-state index in [1.165, 1.54) is 5.56 Å². The Morgan fingerprint density at radius 3 is 1.07 bits per heavy atom. The van der Waals surface area contributed by atoms with Gasteiger partial charge in [-0.2, -0.15) is 0 Å². The second kappa shape index (κ2) is 10.5. The van der Waals surface area contributed by atoms with Gasteiger partial charge in [0.1, 0.15) is 6.54 Å². The lowest BCUT2D eigenvalue weighted by atomic mass is 9.79. The summed E-state index contributed by atoms with van der Waals surface area (Å²) >= 11 is 0. The Morgan fingerprint density at radius 2 is 0.786 bits per heavy atom. The van der Waals surface area contributed by atoms with Gasteiger partial charge in [0.25, 0.3) is 0 Å². The third kappa shape index (κ3) is 6.06. The molecule has 3 aromatic rings. The third-order valence-corrected chi connectivity index (χ3v) is 9.20. The zero-order valence-electron chi connectivity index (χ0n) is 27.3. The average Bonchev–Trinajstić information content (AvgIpc) is 3.24. The van der Waals surface area contributed by atoms with Crippen molar-refractivity contribution >= 4 is 42.2 Å². The molecule has 0 spiro atoms. The summed E-state index contributed by atoms with van der Waals surface area (Å²) in [6, 6.07) is 25.8. The molecule has 0 aliphatic carbocycles. The van der Waals surface area contributed by atoms with Crippen LogP contribution in [0.3, 0.4) is 0 Å². The van der Waals surface area contributed by atoms with Gasteiger partial charge in [0.2, 0.25) is 0 Å². The Bertz CT molecular complexity index is 1280. The second-order valence-electron chi connectivity index (χ2n) is 14.8. The maximum absolute atomic E-state index is 6.30. The number of hydrogen-bond acceptors (Lipinski definition) is 5. The molecule has 2 aliphatic rings. The van der Waals surface area contributed by atoms with Crippen molar-refractivity contribution in [1.82, 2.24) is 0 Å². The summed E-state index contributed by atoms with van der Waals surface area (Å²) in [5.74, 6) is 0. The van der Waals surface area contributed by atoms with Crippen LogP contribution in [-0.4, -0.2) is 62.3 Å². The largest absolute Gasteiger partial charge is 0.494 e. The maximum atomic E-state index is 6.30. The number of benzene rings is 3. The molecule has 0 amide bonds. The highest BCUT2D eigenvalue weighted by atomic mass is 16.7. The average molecular weight is 569 g/mol. The lowest BCUT2D eigenvalue weighted by Gasteiger charge is -2.32. The first-order chi connectivity index (χ1) is 19.4. The first kappa shape index (κ1) is 30.8. The third-order valence-electron chi connectivity index (χ3n) is 9.20. The lowest BCUT2D eigenvalue weighted by Crippen LogP contribution is -2.41. The van der Waals surface area contributed by atoms with Crippen LogP contribution in [0.15, 0.2) is 72.8 Å². The molecule has 0 bridgehead atoms. The smallest absolute Gasteiger partial charge is 0.399 e. The molecule has 8 heteroatoms.